The fourth-order valence-corrected chi connectivity index (χ4v) is 0. The molecule has 0 fully saturated rings. The predicted octanol–water partition coefficient (Wildman–Crippen LogP) is -0.283. The summed E-state index contributed by atoms with van der Waals surface area (Å²) in [5.41, 5.74) is 0. The van der Waals surface area contributed by atoms with E-state index in [0.29, 0.717) is 0 Å². The molecule has 0 aromatic rings. The first-order chi connectivity index (χ1) is 2.94. The maximum atomic E-state index is 10.6. The van der Waals surface area contributed by atoms with Crippen molar-refractivity contribution >= 4 is 16.1 Å². The van der Waals surface area contributed by atoms with Crippen molar-refractivity contribution in [2.45, 2.75) is 6.18 Å². The Morgan fingerprint density at radius 2 is 1.50 bits per heavy atom. The van der Waals surface area contributed by atoms with Gasteiger partial charge in [-0.25, -0.2) is 4.79 Å². The molecular weight excluding hydrogens is 122 g/mol. The van der Waals surface area contributed by atoms with Gasteiger partial charge in [0, 0.05) is 0 Å². The Balaban J connectivity index is 0. The topological polar surface area (TPSA) is 37.3 Å². The van der Waals surface area contributed by atoms with Gasteiger partial charge in [0.15, 0.2) is 0 Å². The summed E-state index contributed by atoms with van der Waals surface area (Å²) in [6.07, 6.45) is -5.08. The minimum absolute atomic E-state index is 0. The molecule has 0 aromatic heterocycles. The zero-order chi connectivity index (χ0) is 6.08. The molecule has 0 aromatic carbocycles. The third-order valence-corrected chi connectivity index (χ3v) is 0.243. The summed E-state index contributed by atoms with van der Waals surface area (Å²) in [6.45, 7) is 0. The Morgan fingerprint density at radius 3 is 1.50 bits per heavy atom. The molecule has 0 spiro atoms. The fourth-order valence-electron chi connectivity index (χ4n) is 0. The van der Waals surface area contributed by atoms with Crippen LogP contribution in [0.4, 0.5) is 13.2 Å². The summed E-state index contributed by atoms with van der Waals surface area (Å²) in [5, 5.41) is 7.12. The quantitative estimate of drug-likeness (QED) is 0.452. The fraction of sp³-hybridized carbons (Fsp3) is 0.500. The van der Waals surface area contributed by atoms with Gasteiger partial charge in [-0.2, -0.15) is 13.2 Å². The standard InChI is InChI=1S/C2HF3O2.Be.2H/c3-2(4,5)1(6)7;;;/h(H,6,7);;;. The Morgan fingerprint density at radius 1 is 1.38 bits per heavy atom. The van der Waals surface area contributed by atoms with E-state index in [-0.39, 0.29) is 10.1 Å². The third-order valence-electron chi connectivity index (χ3n) is 0.243. The van der Waals surface area contributed by atoms with E-state index in [9.17, 15) is 13.2 Å². The number of carboxylic acids is 1. The number of hydrogen-bond acceptors (Lipinski definition) is 1. The van der Waals surface area contributed by atoms with Crippen LogP contribution in [0.2, 0.25) is 0 Å². The number of carboxylic acid groups (broad SMARTS) is 1. The van der Waals surface area contributed by atoms with Crippen LogP contribution in [-0.2, 0) is 4.79 Å². The van der Waals surface area contributed by atoms with Crippen LogP contribution < -0.4 is 0 Å². The van der Waals surface area contributed by atoms with Crippen molar-refractivity contribution in [2.24, 2.45) is 0 Å². The normalized spacial score (nSPS) is 9.88. The van der Waals surface area contributed by atoms with Gasteiger partial charge in [0.2, 0.25) is 0 Å². The second-order valence-corrected chi connectivity index (χ2v) is 0.803. The molecule has 0 heterocycles. The van der Waals surface area contributed by atoms with Gasteiger partial charge in [-0.05, 0) is 0 Å². The van der Waals surface area contributed by atoms with Crippen molar-refractivity contribution in [1.82, 2.24) is 0 Å². The van der Waals surface area contributed by atoms with Crippen molar-refractivity contribution in [3.63, 3.8) is 0 Å². The summed E-state index contributed by atoms with van der Waals surface area (Å²) in [5.74, 6) is -2.76. The Labute approximate surface area is 46.5 Å². The first-order valence-electron chi connectivity index (χ1n) is 1.24. The first-order valence-corrected chi connectivity index (χ1v) is 1.24. The molecule has 0 radical (unpaired) electrons. The van der Waals surface area contributed by atoms with Gasteiger partial charge in [-0.1, -0.05) is 0 Å². The van der Waals surface area contributed by atoms with Crippen LogP contribution in [-0.4, -0.2) is 27.4 Å². The van der Waals surface area contributed by atoms with Crippen LogP contribution in [0.3, 0.4) is 0 Å². The second-order valence-electron chi connectivity index (χ2n) is 0.803. The summed E-state index contributed by atoms with van der Waals surface area (Å²) in [7, 11) is 0. The molecule has 0 aliphatic carbocycles. The van der Waals surface area contributed by atoms with Crippen LogP contribution >= 0.6 is 0 Å². The van der Waals surface area contributed by atoms with Crippen molar-refractivity contribution in [3.05, 3.63) is 0 Å². The van der Waals surface area contributed by atoms with Crippen LogP contribution in [0.1, 0.15) is 0 Å². The summed E-state index contributed by atoms with van der Waals surface area (Å²) in [6, 6.07) is 0. The average molecular weight is 125 g/mol. The molecule has 0 rings (SSSR count). The van der Waals surface area contributed by atoms with Crippen LogP contribution in [0, 0.1) is 0 Å². The molecule has 0 unspecified atom stereocenters. The SMILES string of the molecule is O=C(O)C(F)(F)F.[BeH2]. The van der Waals surface area contributed by atoms with Gasteiger partial charge in [0.25, 0.3) is 0 Å². The zero-order valence-electron chi connectivity index (χ0n) is 2.99. The van der Waals surface area contributed by atoms with E-state index in [4.69, 9.17) is 9.90 Å². The Kier molecular flexibility index (Phi) is 3.47. The number of carbonyl (C=O) groups is 1. The molecule has 0 saturated heterocycles. The molecule has 6 heteroatoms. The molecule has 46 valence electrons. The number of alkyl halides is 3. The van der Waals surface area contributed by atoms with E-state index in [1.165, 1.54) is 0 Å². The van der Waals surface area contributed by atoms with Crippen molar-refractivity contribution < 1.29 is 23.1 Å². The van der Waals surface area contributed by atoms with E-state index in [0.717, 1.165) is 0 Å². The van der Waals surface area contributed by atoms with E-state index >= 15 is 0 Å². The van der Waals surface area contributed by atoms with Crippen LogP contribution in [0.15, 0.2) is 0 Å². The van der Waals surface area contributed by atoms with E-state index < -0.39 is 12.1 Å². The van der Waals surface area contributed by atoms with E-state index in [1.807, 2.05) is 0 Å². The molecule has 0 amide bonds. The van der Waals surface area contributed by atoms with Gasteiger partial charge in [-0.3, -0.25) is 0 Å². The van der Waals surface area contributed by atoms with Gasteiger partial charge < -0.3 is 5.11 Å². The third kappa shape index (κ3) is 3.61. The Hall–Kier alpha value is -0.571. The molecule has 0 bridgehead atoms. The number of aliphatic carboxylic acids is 1. The molecule has 1 N–H and O–H groups in total. The first kappa shape index (κ1) is 10.4. The van der Waals surface area contributed by atoms with E-state index in [1.54, 1.807) is 0 Å². The van der Waals surface area contributed by atoms with Gasteiger partial charge >= 0.3 is 22.3 Å². The van der Waals surface area contributed by atoms with Gasteiger partial charge in [-0.15, -0.1) is 0 Å². The number of hydrogen-bond donors (Lipinski definition) is 1. The van der Waals surface area contributed by atoms with E-state index in [2.05, 4.69) is 0 Å². The molecule has 0 saturated carbocycles. The summed E-state index contributed by atoms with van der Waals surface area (Å²) >= 11 is 0. The second kappa shape index (κ2) is 2.67. The monoisotopic (exact) mass is 125 g/mol. The van der Waals surface area contributed by atoms with Crippen molar-refractivity contribution in [2.75, 3.05) is 0 Å². The van der Waals surface area contributed by atoms with Crippen molar-refractivity contribution in [1.29, 1.82) is 0 Å². The summed E-state index contributed by atoms with van der Waals surface area (Å²) < 4.78 is 31.7. The molecule has 0 atom stereocenters. The molecule has 0 aliphatic heterocycles. The molecular formula is C2H3BeF3O2. The van der Waals surface area contributed by atoms with Gasteiger partial charge in [0.05, 0.1) is 0 Å². The molecule has 8 heavy (non-hydrogen) atoms. The predicted molar refractivity (Wildman–Crippen MR) is 22.2 cm³/mol. The minimum atomic E-state index is -5.08. The number of halogens is 3. The van der Waals surface area contributed by atoms with Crippen LogP contribution in [0.25, 0.3) is 0 Å². The molecule has 2 nitrogen and oxygen atoms in total. The van der Waals surface area contributed by atoms with Crippen molar-refractivity contribution in [3.8, 4) is 0 Å². The number of rotatable bonds is 0. The summed E-state index contributed by atoms with van der Waals surface area (Å²) in [4.78, 5) is 8.90. The van der Waals surface area contributed by atoms with Gasteiger partial charge in [0.1, 0.15) is 0 Å². The Bertz CT molecular complexity index is 87.8. The average Bonchev–Trinajstić information content (AvgIpc) is 1.31. The van der Waals surface area contributed by atoms with Crippen LogP contribution in [0.5, 0.6) is 0 Å². The molecule has 0 aliphatic rings. The zero-order valence-corrected chi connectivity index (χ0v) is 2.99. The maximum absolute atomic E-state index is 10.6.